The molecule has 1 saturated carbocycles. The van der Waals surface area contributed by atoms with Crippen molar-refractivity contribution in [2.24, 2.45) is 0 Å². The summed E-state index contributed by atoms with van der Waals surface area (Å²) in [5.41, 5.74) is 0. The van der Waals surface area contributed by atoms with E-state index in [2.05, 4.69) is 4.90 Å². The summed E-state index contributed by atoms with van der Waals surface area (Å²) in [4.78, 5) is 16.3. The Labute approximate surface area is 104 Å². The molecule has 0 radical (unpaired) electrons. The number of nitrogens with zero attached hydrogens (tertiary/aromatic N) is 2. The second kappa shape index (κ2) is 6.36. The van der Waals surface area contributed by atoms with Crippen molar-refractivity contribution in [1.82, 2.24) is 9.80 Å². The number of amides is 1. The highest BCUT2D eigenvalue weighted by Gasteiger charge is 2.27. The van der Waals surface area contributed by atoms with Gasteiger partial charge in [-0.1, -0.05) is 12.8 Å². The van der Waals surface area contributed by atoms with Crippen molar-refractivity contribution >= 4 is 5.91 Å². The lowest BCUT2D eigenvalue weighted by Crippen LogP contribution is -2.52. The molecule has 1 heterocycles. The minimum atomic E-state index is 0.151. The molecule has 1 saturated heterocycles. The fourth-order valence-electron chi connectivity index (χ4n) is 2.89. The van der Waals surface area contributed by atoms with Gasteiger partial charge in [-0.2, -0.15) is 0 Å². The predicted octanol–water partition coefficient (Wildman–Crippen LogP) is 1.11. The number of carbonyl (C=O) groups excluding carboxylic acids is 1. The zero-order valence-corrected chi connectivity index (χ0v) is 10.9. The Bertz CT molecular complexity index is 244. The Hall–Kier alpha value is -0.610. The highest BCUT2D eigenvalue weighted by molar-refractivity contribution is 5.77. The van der Waals surface area contributed by atoms with E-state index >= 15 is 0 Å². The number of rotatable bonds is 4. The molecule has 0 aromatic carbocycles. The van der Waals surface area contributed by atoms with Gasteiger partial charge in [-0.05, 0) is 19.8 Å². The normalized spacial score (nSPS) is 23.2. The molecule has 0 bridgehead atoms. The van der Waals surface area contributed by atoms with E-state index in [1.54, 1.807) is 0 Å². The summed E-state index contributed by atoms with van der Waals surface area (Å²) in [6.07, 6.45) is 5.47. The fraction of sp³-hybridized carbons (Fsp3) is 0.923. The van der Waals surface area contributed by atoms with Gasteiger partial charge in [0.15, 0.2) is 0 Å². The quantitative estimate of drug-likeness (QED) is 0.738. The van der Waals surface area contributed by atoms with Gasteiger partial charge in [0.2, 0.25) is 5.91 Å². The summed E-state index contributed by atoms with van der Waals surface area (Å²) >= 11 is 0. The van der Waals surface area contributed by atoms with Gasteiger partial charge in [0.1, 0.15) is 6.61 Å². The SMILES string of the molecule is CCOCC(=O)N1CCN(C2CCCC2)CC1. The van der Waals surface area contributed by atoms with Crippen molar-refractivity contribution < 1.29 is 9.53 Å². The van der Waals surface area contributed by atoms with Gasteiger partial charge in [0.25, 0.3) is 0 Å². The Morgan fingerprint density at radius 3 is 2.41 bits per heavy atom. The van der Waals surface area contributed by atoms with Crippen LogP contribution in [-0.4, -0.2) is 61.1 Å². The van der Waals surface area contributed by atoms with Crippen LogP contribution in [0.2, 0.25) is 0 Å². The molecule has 4 heteroatoms. The minimum absolute atomic E-state index is 0.151. The number of piperazine rings is 1. The smallest absolute Gasteiger partial charge is 0.248 e. The molecule has 2 fully saturated rings. The third-order valence-electron chi connectivity index (χ3n) is 3.94. The first-order valence-electron chi connectivity index (χ1n) is 6.91. The van der Waals surface area contributed by atoms with E-state index < -0.39 is 0 Å². The standard InChI is InChI=1S/C13H24N2O2/c1-2-17-11-13(16)15-9-7-14(8-10-15)12-5-3-4-6-12/h12H,2-11H2,1H3. The maximum atomic E-state index is 11.8. The van der Waals surface area contributed by atoms with E-state index in [0.717, 1.165) is 32.2 Å². The Morgan fingerprint density at radius 1 is 1.18 bits per heavy atom. The lowest BCUT2D eigenvalue weighted by atomic mass is 10.2. The molecule has 0 N–H and O–H groups in total. The Balaban J connectivity index is 1.71. The highest BCUT2D eigenvalue weighted by atomic mass is 16.5. The molecule has 1 aliphatic heterocycles. The molecule has 0 unspecified atom stereocenters. The van der Waals surface area contributed by atoms with Gasteiger partial charge in [-0.3, -0.25) is 9.69 Å². The van der Waals surface area contributed by atoms with Gasteiger partial charge in [-0.25, -0.2) is 0 Å². The average molecular weight is 240 g/mol. The number of hydrogen-bond acceptors (Lipinski definition) is 3. The molecule has 0 spiro atoms. The van der Waals surface area contributed by atoms with Crippen LogP contribution in [0.15, 0.2) is 0 Å². The third-order valence-corrected chi connectivity index (χ3v) is 3.94. The average Bonchev–Trinajstić information content (AvgIpc) is 2.90. The fourth-order valence-corrected chi connectivity index (χ4v) is 2.89. The Morgan fingerprint density at radius 2 is 1.82 bits per heavy atom. The van der Waals surface area contributed by atoms with Crippen LogP contribution in [-0.2, 0) is 9.53 Å². The van der Waals surface area contributed by atoms with Crippen LogP contribution in [0.4, 0.5) is 0 Å². The Kier molecular flexibility index (Phi) is 4.80. The van der Waals surface area contributed by atoms with Crippen molar-refractivity contribution in [3.8, 4) is 0 Å². The van der Waals surface area contributed by atoms with Crippen LogP contribution in [0.5, 0.6) is 0 Å². The zero-order valence-electron chi connectivity index (χ0n) is 10.9. The summed E-state index contributed by atoms with van der Waals surface area (Å²) in [5, 5.41) is 0. The van der Waals surface area contributed by atoms with Gasteiger partial charge in [-0.15, -0.1) is 0 Å². The largest absolute Gasteiger partial charge is 0.372 e. The summed E-state index contributed by atoms with van der Waals surface area (Å²) in [5.74, 6) is 0.151. The molecule has 17 heavy (non-hydrogen) atoms. The van der Waals surface area contributed by atoms with Crippen molar-refractivity contribution in [1.29, 1.82) is 0 Å². The molecular formula is C13H24N2O2. The molecule has 1 amide bonds. The van der Waals surface area contributed by atoms with Crippen LogP contribution < -0.4 is 0 Å². The molecule has 98 valence electrons. The zero-order chi connectivity index (χ0) is 12.1. The number of carbonyl (C=O) groups is 1. The number of ether oxygens (including phenoxy) is 1. The summed E-state index contributed by atoms with van der Waals surface area (Å²) in [6.45, 7) is 6.63. The van der Waals surface area contributed by atoms with E-state index in [1.165, 1.54) is 25.7 Å². The molecular weight excluding hydrogens is 216 g/mol. The van der Waals surface area contributed by atoms with Crippen LogP contribution in [0.25, 0.3) is 0 Å². The molecule has 0 atom stereocenters. The van der Waals surface area contributed by atoms with Gasteiger partial charge >= 0.3 is 0 Å². The number of hydrogen-bond donors (Lipinski definition) is 0. The van der Waals surface area contributed by atoms with Crippen LogP contribution in [0.3, 0.4) is 0 Å². The molecule has 0 aromatic heterocycles. The molecule has 1 aliphatic carbocycles. The van der Waals surface area contributed by atoms with Crippen LogP contribution in [0, 0.1) is 0 Å². The molecule has 4 nitrogen and oxygen atoms in total. The second-order valence-corrected chi connectivity index (χ2v) is 4.99. The predicted molar refractivity (Wildman–Crippen MR) is 66.9 cm³/mol. The first-order chi connectivity index (χ1) is 8.31. The lowest BCUT2D eigenvalue weighted by molar-refractivity contribution is -0.138. The van der Waals surface area contributed by atoms with Crippen molar-refractivity contribution in [2.75, 3.05) is 39.4 Å². The van der Waals surface area contributed by atoms with E-state index in [9.17, 15) is 4.79 Å². The van der Waals surface area contributed by atoms with E-state index in [1.807, 2.05) is 11.8 Å². The molecule has 2 rings (SSSR count). The second-order valence-electron chi connectivity index (χ2n) is 4.99. The monoisotopic (exact) mass is 240 g/mol. The van der Waals surface area contributed by atoms with Crippen molar-refractivity contribution in [3.63, 3.8) is 0 Å². The first kappa shape index (κ1) is 12.8. The van der Waals surface area contributed by atoms with Crippen molar-refractivity contribution in [2.45, 2.75) is 38.6 Å². The maximum absolute atomic E-state index is 11.8. The van der Waals surface area contributed by atoms with Crippen LogP contribution >= 0.6 is 0 Å². The van der Waals surface area contributed by atoms with E-state index in [0.29, 0.717) is 6.61 Å². The van der Waals surface area contributed by atoms with Crippen LogP contribution in [0.1, 0.15) is 32.6 Å². The summed E-state index contributed by atoms with van der Waals surface area (Å²) in [7, 11) is 0. The van der Waals surface area contributed by atoms with Gasteiger partial charge < -0.3 is 9.64 Å². The van der Waals surface area contributed by atoms with Crippen molar-refractivity contribution in [3.05, 3.63) is 0 Å². The highest BCUT2D eigenvalue weighted by Crippen LogP contribution is 2.24. The lowest BCUT2D eigenvalue weighted by Gasteiger charge is -2.38. The third kappa shape index (κ3) is 3.42. The minimum Gasteiger partial charge on any atom is -0.372 e. The summed E-state index contributed by atoms with van der Waals surface area (Å²) in [6, 6.07) is 0.791. The summed E-state index contributed by atoms with van der Waals surface area (Å²) < 4.78 is 5.17. The van der Waals surface area contributed by atoms with E-state index in [4.69, 9.17) is 4.74 Å². The maximum Gasteiger partial charge on any atom is 0.248 e. The molecule has 2 aliphatic rings. The first-order valence-corrected chi connectivity index (χ1v) is 6.91. The van der Waals surface area contributed by atoms with E-state index in [-0.39, 0.29) is 12.5 Å². The molecule has 0 aromatic rings. The van der Waals surface area contributed by atoms with Gasteiger partial charge in [0, 0.05) is 38.8 Å². The topological polar surface area (TPSA) is 32.8 Å². The van der Waals surface area contributed by atoms with Gasteiger partial charge in [0.05, 0.1) is 0 Å².